The molecule has 1 aliphatic rings. The molecule has 0 bridgehead atoms. The van der Waals surface area contributed by atoms with Crippen LogP contribution in [0.15, 0.2) is 4.99 Å². The van der Waals surface area contributed by atoms with E-state index in [-0.39, 0.29) is 36.1 Å². The Balaban J connectivity index is 0.00000729. The molecule has 3 N–H and O–H groups in total. The summed E-state index contributed by atoms with van der Waals surface area (Å²) in [5, 5.41) is 9.66. The van der Waals surface area contributed by atoms with Crippen molar-refractivity contribution in [2.75, 3.05) is 32.8 Å². The van der Waals surface area contributed by atoms with Gasteiger partial charge in [0.05, 0.1) is 19.2 Å². The van der Waals surface area contributed by atoms with Crippen LogP contribution in [0, 0.1) is 5.92 Å². The van der Waals surface area contributed by atoms with Crippen molar-refractivity contribution < 1.29 is 9.53 Å². The molecule has 1 rings (SSSR count). The van der Waals surface area contributed by atoms with Crippen molar-refractivity contribution in [1.29, 1.82) is 0 Å². The summed E-state index contributed by atoms with van der Waals surface area (Å²) in [5.74, 6) is 1.33. The largest absolute Gasteiger partial charge is 0.450 e. The van der Waals surface area contributed by atoms with E-state index < -0.39 is 0 Å². The van der Waals surface area contributed by atoms with Crippen LogP contribution < -0.4 is 16.0 Å². The van der Waals surface area contributed by atoms with Crippen LogP contribution in [0.1, 0.15) is 60.8 Å². The van der Waals surface area contributed by atoms with Gasteiger partial charge >= 0.3 is 6.09 Å². The Bertz CT molecular complexity index is 448. The van der Waals surface area contributed by atoms with Crippen LogP contribution in [0.25, 0.3) is 0 Å². The highest BCUT2D eigenvalue weighted by molar-refractivity contribution is 14.0. The van der Waals surface area contributed by atoms with Crippen LogP contribution in [-0.2, 0) is 4.74 Å². The van der Waals surface area contributed by atoms with E-state index in [0.717, 1.165) is 44.9 Å². The molecule has 8 heteroatoms. The van der Waals surface area contributed by atoms with Crippen LogP contribution in [0.5, 0.6) is 0 Å². The second-order valence-electron chi connectivity index (χ2n) is 7.73. The Morgan fingerprint density at radius 2 is 1.79 bits per heavy atom. The van der Waals surface area contributed by atoms with Crippen LogP contribution in [0.3, 0.4) is 0 Å². The van der Waals surface area contributed by atoms with Crippen molar-refractivity contribution in [2.24, 2.45) is 10.9 Å². The fourth-order valence-electron chi connectivity index (χ4n) is 3.25. The molecule has 1 fully saturated rings. The van der Waals surface area contributed by atoms with Crippen LogP contribution >= 0.6 is 24.0 Å². The average molecular weight is 511 g/mol. The van der Waals surface area contributed by atoms with Crippen molar-refractivity contribution in [3.05, 3.63) is 0 Å². The lowest BCUT2D eigenvalue weighted by Crippen LogP contribution is -2.43. The SMILES string of the molecule is CCNC(=NCC(NC(=O)OCC)C1CC1)NCCCN(C(C)C)C(C)C.I. The fourth-order valence-corrected chi connectivity index (χ4v) is 3.25. The minimum Gasteiger partial charge on any atom is -0.450 e. The predicted molar refractivity (Wildman–Crippen MR) is 128 cm³/mol. The van der Waals surface area contributed by atoms with Crippen molar-refractivity contribution in [2.45, 2.75) is 78.9 Å². The number of hydrogen-bond donors (Lipinski definition) is 3. The first-order valence-corrected chi connectivity index (χ1v) is 10.6. The zero-order valence-corrected chi connectivity index (χ0v) is 20.9. The van der Waals surface area contributed by atoms with Gasteiger partial charge in [0.25, 0.3) is 0 Å². The molecule has 0 aromatic heterocycles. The van der Waals surface area contributed by atoms with Crippen molar-refractivity contribution in [1.82, 2.24) is 20.9 Å². The highest BCUT2D eigenvalue weighted by atomic mass is 127. The highest BCUT2D eigenvalue weighted by Crippen LogP contribution is 2.32. The van der Waals surface area contributed by atoms with Crippen LogP contribution in [0.2, 0.25) is 0 Å². The topological polar surface area (TPSA) is 78.0 Å². The van der Waals surface area contributed by atoms with Gasteiger partial charge in [-0.05, 0) is 66.7 Å². The zero-order valence-electron chi connectivity index (χ0n) is 18.6. The average Bonchev–Trinajstić information content (AvgIpc) is 3.42. The van der Waals surface area contributed by atoms with Crippen molar-refractivity contribution in [3.8, 4) is 0 Å². The monoisotopic (exact) mass is 511 g/mol. The lowest BCUT2D eigenvalue weighted by molar-refractivity contribution is 0.147. The third-order valence-corrected chi connectivity index (χ3v) is 4.77. The lowest BCUT2D eigenvalue weighted by Gasteiger charge is -2.30. The Morgan fingerprint density at radius 3 is 2.29 bits per heavy atom. The molecular formula is C20H42IN5O2. The standard InChI is InChI=1S/C20H41N5O2.HI/c1-7-21-19(22-12-9-13-25(15(3)4)16(5)6)23-14-18(17-10-11-17)24-20(26)27-8-2;/h15-18H,7-14H2,1-6H3,(H,24,26)(H2,21,22,23);1H. The van der Waals surface area contributed by atoms with Gasteiger partial charge in [-0.3, -0.25) is 9.89 Å². The number of carbonyl (C=O) groups excluding carboxylic acids is 1. The minimum atomic E-state index is -0.343. The molecule has 166 valence electrons. The Kier molecular flexibility index (Phi) is 14.7. The third kappa shape index (κ3) is 11.3. The highest BCUT2D eigenvalue weighted by Gasteiger charge is 2.32. The Morgan fingerprint density at radius 1 is 1.14 bits per heavy atom. The van der Waals surface area contributed by atoms with E-state index in [1.54, 1.807) is 0 Å². The van der Waals surface area contributed by atoms with E-state index >= 15 is 0 Å². The van der Waals surface area contributed by atoms with E-state index in [0.29, 0.717) is 31.2 Å². The molecule has 1 aliphatic carbocycles. The van der Waals surface area contributed by atoms with Gasteiger partial charge in [0.15, 0.2) is 5.96 Å². The normalized spacial score (nSPS) is 15.4. The third-order valence-electron chi connectivity index (χ3n) is 4.77. The van der Waals surface area contributed by atoms with Crippen molar-refractivity contribution in [3.63, 3.8) is 0 Å². The van der Waals surface area contributed by atoms with Crippen molar-refractivity contribution >= 4 is 36.0 Å². The summed E-state index contributed by atoms with van der Waals surface area (Å²) in [4.78, 5) is 18.9. The molecule has 7 nitrogen and oxygen atoms in total. The van der Waals surface area contributed by atoms with Crippen LogP contribution in [0.4, 0.5) is 4.79 Å². The number of aliphatic imine (C=N–C) groups is 1. The number of nitrogens with one attached hydrogen (secondary N) is 3. The maximum Gasteiger partial charge on any atom is 0.407 e. The molecule has 1 unspecified atom stereocenters. The quantitative estimate of drug-likeness (QED) is 0.162. The Hall–Kier alpha value is -0.770. The molecule has 0 heterocycles. The number of guanidine groups is 1. The number of hydrogen-bond acceptors (Lipinski definition) is 4. The van der Waals surface area contributed by atoms with E-state index in [1.165, 1.54) is 0 Å². The summed E-state index contributed by atoms with van der Waals surface area (Å²) in [5.41, 5.74) is 0. The molecule has 0 aromatic carbocycles. The number of carbonyl (C=O) groups is 1. The minimum absolute atomic E-state index is 0. The zero-order chi connectivity index (χ0) is 20.2. The molecule has 28 heavy (non-hydrogen) atoms. The number of halogens is 1. The van der Waals surface area contributed by atoms with E-state index in [9.17, 15) is 4.79 Å². The fraction of sp³-hybridized carbons (Fsp3) is 0.900. The maximum atomic E-state index is 11.7. The van der Waals surface area contributed by atoms with E-state index in [4.69, 9.17) is 4.74 Å². The summed E-state index contributed by atoms with van der Waals surface area (Å²) in [7, 11) is 0. The van der Waals surface area contributed by atoms with Gasteiger partial charge in [-0.1, -0.05) is 0 Å². The van der Waals surface area contributed by atoms with Gasteiger partial charge in [-0.2, -0.15) is 0 Å². The smallest absolute Gasteiger partial charge is 0.407 e. The number of amides is 1. The molecule has 1 amide bonds. The van der Waals surface area contributed by atoms with Gasteiger partial charge in [0, 0.05) is 31.7 Å². The summed E-state index contributed by atoms with van der Waals surface area (Å²) >= 11 is 0. The molecule has 0 radical (unpaired) electrons. The Labute approximate surface area is 188 Å². The summed E-state index contributed by atoms with van der Waals surface area (Å²) in [6.45, 7) is 16.6. The second-order valence-corrected chi connectivity index (χ2v) is 7.73. The molecule has 0 spiro atoms. The van der Waals surface area contributed by atoms with E-state index in [2.05, 4.69) is 60.5 Å². The lowest BCUT2D eigenvalue weighted by atomic mass is 10.2. The number of ether oxygens (including phenoxy) is 1. The number of rotatable bonds is 12. The molecule has 0 aromatic rings. The van der Waals surface area contributed by atoms with Crippen LogP contribution in [-0.4, -0.2) is 67.9 Å². The molecular weight excluding hydrogens is 469 g/mol. The maximum absolute atomic E-state index is 11.7. The summed E-state index contributed by atoms with van der Waals surface area (Å²) in [6.07, 6.45) is 3.02. The van der Waals surface area contributed by atoms with E-state index in [1.807, 2.05) is 6.92 Å². The van der Waals surface area contributed by atoms with Gasteiger partial charge in [-0.15, -0.1) is 24.0 Å². The predicted octanol–water partition coefficient (Wildman–Crippen LogP) is 3.19. The van der Waals surface area contributed by atoms with Gasteiger partial charge in [0.2, 0.25) is 0 Å². The number of nitrogens with zero attached hydrogens (tertiary/aromatic N) is 2. The second kappa shape index (κ2) is 15.1. The first-order chi connectivity index (χ1) is 12.9. The molecule has 1 atom stereocenters. The number of alkyl carbamates (subject to hydrolysis) is 1. The summed E-state index contributed by atoms with van der Waals surface area (Å²) < 4.78 is 5.01. The van der Waals surface area contributed by atoms with Gasteiger partial charge < -0.3 is 20.7 Å². The van der Waals surface area contributed by atoms with Gasteiger partial charge in [-0.25, -0.2) is 4.79 Å². The summed E-state index contributed by atoms with van der Waals surface area (Å²) in [6, 6.07) is 1.16. The van der Waals surface area contributed by atoms with Gasteiger partial charge in [0.1, 0.15) is 0 Å². The molecule has 0 saturated heterocycles. The molecule has 0 aliphatic heterocycles. The molecule has 1 saturated carbocycles. The first kappa shape index (κ1) is 27.2. The first-order valence-electron chi connectivity index (χ1n) is 10.6.